The molecule has 0 aliphatic rings. The van der Waals surface area contributed by atoms with Gasteiger partial charge in [-0.15, -0.1) is 0 Å². The van der Waals surface area contributed by atoms with E-state index in [9.17, 15) is 8.78 Å². The summed E-state index contributed by atoms with van der Waals surface area (Å²) in [7, 11) is 0. The molecular formula is C14H15F2N3S. The van der Waals surface area contributed by atoms with E-state index in [1.54, 1.807) is 12.4 Å². The summed E-state index contributed by atoms with van der Waals surface area (Å²) in [5, 5.41) is 0.491. The topological polar surface area (TPSA) is 51.8 Å². The van der Waals surface area contributed by atoms with Gasteiger partial charge in [-0.25, -0.2) is 18.7 Å². The third-order valence-corrected chi connectivity index (χ3v) is 3.69. The van der Waals surface area contributed by atoms with Crippen molar-refractivity contribution in [3.05, 3.63) is 47.8 Å². The molecule has 0 bridgehead atoms. The molecule has 1 heterocycles. The Morgan fingerprint density at radius 2 is 1.90 bits per heavy atom. The normalized spacial score (nSPS) is 12.4. The molecule has 2 aromatic rings. The largest absolute Gasteiger partial charge is 0.327 e. The van der Waals surface area contributed by atoms with Crippen molar-refractivity contribution < 1.29 is 8.78 Å². The zero-order valence-corrected chi connectivity index (χ0v) is 11.8. The zero-order chi connectivity index (χ0) is 14.5. The molecule has 2 rings (SSSR count). The van der Waals surface area contributed by atoms with Gasteiger partial charge in [-0.3, -0.25) is 0 Å². The summed E-state index contributed by atoms with van der Waals surface area (Å²) in [6.07, 6.45) is 5.05. The molecule has 0 aliphatic carbocycles. The SMILES string of the molecule is CCC(N)Cc1cnc(Sc2ccc(F)c(F)c2)nc1. The van der Waals surface area contributed by atoms with Crippen molar-refractivity contribution in [2.24, 2.45) is 5.73 Å². The van der Waals surface area contributed by atoms with Gasteiger partial charge >= 0.3 is 0 Å². The van der Waals surface area contributed by atoms with Crippen molar-refractivity contribution in [2.45, 2.75) is 35.9 Å². The Labute approximate surface area is 120 Å². The van der Waals surface area contributed by atoms with Gasteiger partial charge in [-0.1, -0.05) is 6.92 Å². The van der Waals surface area contributed by atoms with Crippen LogP contribution in [0.15, 0.2) is 40.6 Å². The molecule has 6 heteroatoms. The second-order valence-electron chi connectivity index (χ2n) is 4.42. The highest BCUT2D eigenvalue weighted by Crippen LogP contribution is 2.25. The van der Waals surface area contributed by atoms with E-state index in [4.69, 9.17) is 5.73 Å². The number of nitrogens with zero attached hydrogens (tertiary/aromatic N) is 2. The van der Waals surface area contributed by atoms with Crippen LogP contribution in [0.5, 0.6) is 0 Å². The molecule has 1 aromatic carbocycles. The van der Waals surface area contributed by atoms with Gasteiger partial charge in [0.25, 0.3) is 0 Å². The Morgan fingerprint density at radius 3 is 2.50 bits per heavy atom. The summed E-state index contributed by atoms with van der Waals surface area (Å²) >= 11 is 1.18. The predicted octanol–water partition coefficient (Wildman–Crippen LogP) is 3.19. The molecule has 0 radical (unpaired) electrons. The fraction of sp³-hybridized carbons (Fsp3) is 0.286. The fourth-order valence-corrected chi connectivity index (χ4v) is 2.31. The molecule has 2 N–H and O–H groups in total. The summed E-state index contributed by atoms with van der Waals surface area (Å²) < 4.78 is 25.9. The highest BCUT2D eigenvalue weighted by molar-refractivity contribution is 7.99. The van der Waals surface area contributed by atoms with E-state index in [1.165, 1.54) is 17.8 Å². The lowest BCUT2D eigenvalue weighted by Gasteiger charge is -2.08. The molecule has 0 spiro atoms. The van der Waals surface area contributed by atoms with Crippen LogP contribution in [0.25, 0.3) is 0 Å². The number of halogens is 2. The van der Waals surface area contributed by atoms with Gasteiger partial charge in [0.05, 0.1) is 0 Å². The van der Waals surface area contributed by atoms with E-state index in [2.05, 4.69) is 9.97 Å². The van der Waals surface area contributed by atoms with Crippen LogP contribution in [-0.4, -0.2) is 16.0 Å². The minimum Gasteiger partial charge on any atom is -0.327 e. The maximum Gasteiger partial charge on any atom is 0.192 e. The van der Waals surface area contributed by atoms with Gasteiger partial charge < -0.3 is 5.73 Å². The summed E-state index contributed by atoms with van der Waals surface area (Å²) in [6, 6.07) is 3.81. The minimum absolute atomic E-state index is 0.100. The Bertz CT molecular complexity index is 575. The van der Waals surface area contributed by atoms with Crippen LogP contribution >= 0.6 is 11.8 Å². The Balaban J connectivity index is 2.04. The van der Waals surface area contributed by atoms with Gasteiger partial charge in [0.1, 0.15) is 0 Å². The van der Waals surface area contributed by atoms with Gasteiger partial charge in [-0.05, 0) is 48.4 Å². The third kappa shape index (κ3) is 3.98. The molecule has 1 unspecified atom stereocenters. The van der Waals surface area contributed by atoms with Gasteiger partial charge in [-0.2, -0.15) is 0 Å². The van der Waals surface area contributed by atoms with Gasteiger partial charge in [0.2, 0.25) is 0 Å². The monoisotopic (exact) mass is 295 g/mol. The average molecular weight is 295 g/mol. The molecule has 20 heavy (non-hydrogen) atoms. The van der Waals surface area contributed by atoms with Crippen molar-refractivity contribution in [3.63, 3.8) is 0 Å². The second-order valence-corrected chi connectivity index (χ2v) is 5.46. The predicted molar refractivity (Wildman–Crippen MR) is 74.5 cm³/mol. The summed E-state index contributed by atoms with van der Waals surface area (Å²) in [5.74, 6) is -1.74. The van der Waals surface area contributed by atoms with E-state index in [0.717, 1.165) is 30.5 Å². The van der Waals surface area contributed by atoms with E-state index < -0.39 is 11.6 Å². The second kappa shape index (κ2) is 6.76. The molecule has 1 aromatic heterocycles. The van der Waals surface area contributed by atoms with Crippen LogP contribution in [-0.2, 0) is 6.42 Å². The van der Waals surface area contributed by atoms with Crippen molar-refractivity contribution >= 4 is 11.8 Å². The summed E-state index contributed by atoms with van der Waals surface area (Å²) in [4.78, 5) is 8.94. The van der Waals surface area contributed by atoms with Crippen LogP contribution in [0.4, 0.5) is 8.78 Å². The van der Waals surface area contributed by atoms with Crippen LogP contribution in [0, 0.1) is 11.6 Å². The van der Waals surface area contributed by atoms with Crippen molar-refractivity contribution in [1.82, 2.24) is 9.97 Å². The molecule has 3 nitrogen and oxygen atoms in total. The highest BCUT2D eigenvalue weighted by atomic mass is 32.2. The smallest absolute Gasteiger partial charge is 0.192 e. The lowest BCUT2D eigenvalue weighted by Crippen LogP contribution is -2.21. The third-order valence-electron chi connectivity index (χ3n) is 2.80. The Hall–Kier alpha value is -1.53. The standard InChI is InChI=1S/C14H15F2N3S/c1-2-10(17)5-9-7-18-14(19-8-9)20-11-3-4-12(15)13(16)6-11/h3-4,6-8,10H,2,5,17H2,1H3. The molecule has 1 atom stereocenters. The minimum atomic E-state index is -0.875. The number of aromatic nitrogens is 2. The van der Waals surface area contributed by atoms with Gasteiger partial charge in [0, 0.05) is 23.3 Å². The van der Waals surface area contributed by atoms with Crippen LogP contribution in [0.3, 0.4) is 0 Å². The van der Waals surface area contributed by atoms with Crippen LogP contribution in [0.1, 0.15) is 18.9 Å². The average Bonchev–Trinajstić information content (AvgIpc) is 2.45. The first-order valence-corrected chi connectivity index (χ1v) is 7.09. The van der Waals surface area contributed by atoms with E-state index in [1.807, 2.05) is 6.92 Å². The van der Waals surface area contributed by atoms with E-state index in [-0.39, 0.29) is 6.04 Å². The van der Waals surface area contributed by atoms with Crippen molar-refractivity contribution in [1.29, 1.82) is 0 Å². The lowest BCUT2D eigenvalue weighted by atomic mass is 10.1. The highest BCUT2D eigenvalue weighted by Gasteiger charge is 2.07. The number of rotatable bonds is 5. The molecule has 0 saturated carbocycles. The van der Waals surface area contributed by atoms with E-state index in [0.29, 0.717) is 10.1 Å². The maximum atomic E-state index is 13.1. The fourth-order valence-electron chi connectivity index (χ4n) is 1.59. The van der Waals surface area contributed by atoms with E-state index >= 15 is 0 Å². The Kier molecular flexibility index (Phi) is 5.03. The number of hydrogen-bond acceptors (Lipinski definition) is 4. The zero-order valence-electron chi connectivity index (χ0n) is 11.0. The summed E-state index contributed by atoms with van der Waals surface area (Å²) in [6.45, 7) is 2.03. The lowest BCUT2D eigenvalue weighted by molar-refractivity contribution is 0.506. The Morgan fingerprint density at radius 1 is 1.20 bits per heavy atom. The molecular weight excluding hydrogens is 280 g/mol. The van der Waals surface area contributed by atoms with Gasteiger partial charge in [0.15, 0.2) is 16.8 Å². The first-order chi connectivity index (χ1) is 9.58. The number of benzene rings is 1. The number of nitrogens with two attached hydrogens (primary N) is 1. The molecule has 106 valence electrons. The first kappa shape index (κ1) is 14.9. The maximum absolute atomic E-state index is 13.1. The van der Waals surface area contributed by atoms with Crippen molar-refractivity contribution in [3.8, 4) is 0 Å². The number of hydrogen-bond donors (Lipinski definition) is 1. The van der Waals surface area contributed by atoms with Crippen LogP contribution < -0.4 is 5.73 Å². The molecule has 0 fully saturated rings. The molecule has 0 amide bonds. The molecule has 0 saturated heterocycles. The van der Waals surface area contributed by atoms with Crippen molar-refractivity contribution in [2.75, 3.05) is 0 Å². The van der Waals surface area contributed by atoms with Crippen LogP contribution in [0.2, 0.25) is 0 Å². The quantitative estimate of drug-likeness (QED) is 0.861. The molecule has 0 aliphatic heterocycles. The first-order valence-electron chi connectivity index (χ1n) is 6.28. The summed E-state index contributed by atoms with van der Waals surface area (Å²) in [5.41, 5.74) is 6.83.